The van der Waals surface area contributed by atoms with Crippen LogP contribution in [0.15, 0.2) is 24.3 Å². The molecule has 136 valence electrons. The first kappa shape index (κ1) is 17.8. The number of nitrogens with zero attached hydrogens (tertiary/aromatic N) is 2. The molecule has 2 amide bonds. The van der Waals surface area contributed by atoms with Crippen LogP contribution in [0.2, 0.25) is 0 Å². The summed E-state index contributed by atoms with van der Waals surface area (Å²) in [7, 11) is 1.81. The van der Waals surface area contributed by atoms with Gasteiger partial charge in [-0.25, -0.2) is 0 Å². The molecule has 0 spiro atoms. The van der Waals surface area contributed by atoms with Gasteiger partial charge in [0.2, 0.25) is 11.8 Å². The number of rotatable bonds is 6. The molecule has 1 N–H and O–H groups in total. The van der Waals surface area contributed by atoms with Crippen LogP contribution in [0.5, 0.6) is 0 Å². The highest BCUT2D eigenvalue weighted by atomic mass is 16.2. The lowest BCUT2D eigenvalue weighted by atomic mass is 10.1. The van der Waals surface area contributed by atoms with Crippen LogP contribution in [0.1, 0.15) is 44.1 Å². The Bertz CT molecular complexity index is 605. The summed E-state index contributed by atoms with van der Waals surface area (Å²) in [5, 5.41) is 2.82. The van der Waals surface area contributed by atoms with Crippen LogP contribution in [0.25, 0.3) is 0 Å². The van der Waals surface area contributed by atoms with E-state index in [1.165, 1.54) is 24.1 Å². The van der Waals surface area contributed by atoms with Crippen LogP contribution >= 0.6 is 0 Å². The van der Waals surface area contributed by atoms with Gasteiger partial charge in [0, 0.05) is 38.3 Å². The number of benzene rings is 1. The van der Waals surface area contributed by atoms with E-state index >= 15 is 0 Å². The number of amides is 2. The predicted molar refractivity (Wildman–Crippen MR) is 99.3 cm³/mol. The minimum atomic E-state index is -0.0393. The molecule has 0 radical (unpaired) electrons. The number of carbonyl (C=O) groups is 2. The maximum Gasteiger partial charge on any atom is 0.242 e. The van der Waals surface area contributed by atoms with Crippen LogP contribution in [-0.4, -0.2) is 43.4 Å². The number of para-hydroxylation sites is 1. The molecule has 1 heterocycles. The van der Waals surface area contributed by atoms with Crippen LogP contribution in [-0.2, 0) is 16.1 Å². The molecule has 2 aliphatic rings. The Morgan fingerprint density at radius 2 is 1.80 bits per heavy atom. The monoisotopic (exact) mass is 343 g/mol. The number of hydrogen-bond donors (Lipinski definition) is 1. The van der Waals surface area contributed by atoms with E-state index in [-0.39, 0.29) is 24.3 Å². The highest BCUT2D eigenvalue weighted by Crippen LogP contribution is 2.26. The minimum Gasteiger partial charge on any atom is -0.371 e. The average Bonchev–Trinajstić information content (AvgIpc) is 3.33. The molecule has 25 heavy (non-hydrogen) atoms. The lowest BCUT2D eigenvalue weighted by Crippen LogP contribution is -2.40. The van der Waals surface area contributed by atoms with Gasteiger partial charge in [-0.3, -0.25) is 9.59 Å². The summed E-state index contributed by atoms with van der Waals surface area (Å²) in [6.07, 6.45) is 6.63. The van der Waals surface area contributed by atoms with Gasteiger partial charge in [0.15, 0.2) is 0 Å². The Morgan fingerprint density at radius 1 is 1.12 bits per heavy atom. The maximum atomic E-state index is 12.4. The van der Waals surface area contributed by atoms with Crippen LogP contribution in [0, 0.1) is 5.92 Å². The van der Waals surface area contributed by atoms with Crippen molar-refractivity contribution < 1.29 is 9.59 Å². The van der Waals surface area contributed by atoms with Crippen molar-refractivity contribution in [2.75, 3.05) is 31.6 Å². The highest BCUT2D eigenvalue weighted by Gasteiger charge is 2.23. The van der Waals surface area contributed by atoms with Crippen molar-refractivity contribution >= 4 is 17.5 Å². The molecule has 1 aliphatic carbocycles. The predicted octanol–water partition coefficient (Wildman–Crippen LogP) is 2.55. The van der Waals surface area contributed by atoms with Crippen molar-refractivity contribution in [3.63, 3.8) is 0 Å². The third-order valence-electron chi connectivity index (χ3n) is 5.41. The molecule has 0 unspecified atom stereocenters. The van der Waals surface area contributed by atoms with Gasteiger partial charge in [0.25, 0.3) is 0 Å². The number of nitrogens with one attached hydrogen (secondary N) is 1. The third kappa shape index (κ3) is 4.53. The van der Waals surface area contributed by atoms with Gasteiger partial charge in [-0.15, -0.1) is 0 Å². The summed E-state index contributed by atoms with van der Waals surface area (Å²) in [6, 6.07) is 8.31. The Labute approximate surface area is 150 Å². The van der Waals surface area contributed by atoms with E-state index in [4.69, 9.17) is 0 Å². The molecule has 0 bridgehead atoms. The molecule has 5 heteroatoms. The summed E-state index contributed by atoms with van der Waals surface area (Å²) in [5.74, 6) is 0.105. The van der Waals surface area contributed by atoms with Crippen LogP contribution in [0.3, 0.4) is 0 Å². The number of hydrogen-bond acceptors (Lipinski definition) is 3. The molecule has 0 aromatic heterocycles. The van der Waals surface area contributed by atoms with E-state index < -0.39 is 0 Å². The zero-order chi connectivity index (χ0) is 17.6. The Morgan fingerprint density at radius 3 is 2.52 bits per heavy atom. The van der Waals surface area contributed by atoms with E-state index in [0.717, 1.165) is 38.8 Å². The Hall–Kier alpha value is -2.04. The summed E-state index contributed by atoms with van der Waals surface area (Å²) in [4.78, 5) is 28.6. The van der Waals surface area contributed by atoms with E-state index in [1.54, 1.807) is 4.90 Å². The van der Waals surface area contributed by atoms with Gasteiger partial charge in [-0.1, -0.05) is 31.0 Å². The van der Waals surface area contributed by atoms with Crippen molar-refractivity contribution in [3.05, 3.63) is 29.8 Å². The molecular formula is C20H29N3O2. The van der Waals surface area contributed by atoms with Crippen LogP contribution in [0.4, 0.5) is 5.69 Å². The lowest BCUT2D eigenvalue weighted by Gasteiger charge is -2.24. The first-order chi connectivity index (χ1) is 12.1. The van der Waals surface area contributed by atoms with Gasteiger partial charge in [-0.05, 0) is 37.3 Å². The van der Waals surface area contributed by atoms with Crippen molar-refractivity contribution in [2.45, 2.75) is 45.1 Å². The average molecular weight is 343 g/mol. The molecule has 1 aromatic carbocycles. The van der Waals surface area contributed by atoms with Crippen LogP contribution < -0.4 is 10.2 Å². The highest BCUT2D eigenvalue weighted by molar-refractivity contribution is 5.85. The van der Waals surface area contributed by atoms with E-state index in [2.05, 4.69) is 28.4 Å². The molecule has 5 nitrogen and oxygen atoms in total. The molecule has 3 rings (SSSR count). The lowest BCUT2D eigenvalue weighted by molar-refractivity contribution is -0.133. The van der Waals surface area contributed by atoms with Crippen molar-refractivity contribution in [1.82, 2.24) is 10.2 Å². The van der Waals surface area contributed by atoms with Gasteiger partial charge >= 0.3 is 0 Å². The normalized spacial score (nSPS) is 17.7. The summed E-state index contributed by atoms with van der Waals surface area (Å²) < 4.78 is 0. The summed E-state index contributed by atoms with van der Waals surface area (Å²) in [6.45, 7) is 2.85. The second-order valence-electron chi connectivity index (χ2n) is 7.27. The second-order valence-corrected chi connectivity index (χ2v) is 7.27. The third-order valence-corrected chi connectivity index (χ3v) is 5.41. The molecule has 2 fully saturated rings. The number of anilines is 1. The first-order valence-corrected chi connectivity index (χ1v) is 9.49. The quantitative estimate of drug-likeness (QED) is 0.864. The number of likely N-dealkylation sites (N-methyl/N-ethyl adjacent to an activating group) is 1. The molecule has 1 saturated heterocycles. The molecule has 0 atom stereocenters. The molecular weight excluding hydrogens is 314 g/mol. The fraction of sp³-hybridized carbons (Fsp3) is 0.600. The maximum absolute atomic E-state index is 12.4. The molecule has 1 aromatic rings. The largest absolute Gasteiger partial charge is 0.371 e. The zero-order valence-corrected chi connectivity index (χ0v) is 15.2. The second kappa shape index (κ2) is 8.37. The minimum absolute atomic E-state index is 0.0386. The molecule has 1 saturated carbocycles. The Balaban J connectivity index is 1.53. The first-order valence-electron chi connectivity index (χ1n) is 9.49. The van der Waals surface area contributed by atoms with E-state index in [1.807, 2.05) is 13.1 Å². The van der Waals surface area contributed by atoms with Gasteiger partial charge in [0.1, 0.15) is 0 Å². The smallest absolute Gasteiger partial charge is 0.242 e. The standard InChI is InChI=1S/C20H29N3O2/c1-22(19(24)14-21-20(25)16-8-2-3-9-16)15-17-10-4-5-11-18(17)23-12-6-7-13-23/h4-5,10-11,16H,2-3,6-9,12-15H2,1H3,(H,21,25). The summed E-state index contributed by atoms with van der Waals surface area (Å²) >= 11 is 0. The molecule has 1 aliphatic heterocycles. The zero-order valence-electron chi connectivity index (χ0n) is 15.2. The van der Waals surface area contributed by atoms with Gasteiger partial charge in [-0.2, -0.15) is 0 Å². The van der Waals surface area contributed by atoms with E-state index in [0.29, 0.717) is 6.54 Å². The fourth-order valence-corrected chi connectivity index (χ4v) is 3.88. The fourth-order valence-electron chi connectivity index (χ4n) is 3.88. The van der Waals surface area contributed by atoms with Crippen molar-refractivity contribution in [1.29, 1.82) is 0 Å². The van der Waals surface area contributed by atoms with E-state index in [9.17, 15) is 9.59 Å². The van der Waals surface area contributed by atoms with Crippen molar-refractivity contribution in [2.24, 2.45) is 5.92 Å². The van der Waals surface area contributed by atoms with Gasteiger partial charge in [0.05, 0.1) is 6.54 Å². The van der Waals surface area contributed by atoms with Gasteiger partial charge < -0.3 is 15.1 Å². The van der Waals surface area contributed by atoms with Crippen molar-refractivity contribution in [3.8, 4) is 0 Å². The Kier molecular flexibility index (Phi) is 5.95. The number of carbonyl (C=O) groups excluding carboxylic acids is 2. The topological polar surface area (TPSA) is 52.6 Å². The summed E-state index contributed by atoms with van der Waals surface area (Å²) in [5.41, 5.74) is 2.40. The SMILES string of the molecule is CN(Cc1ccccc1N1CCCC1)C(=O)CNC(=O)C1CCCC1.